The van der Waals surface area contributed by atoms with Crippen LogP contribution < -0.4 is 5.32 Å². The molecule has 1 aromatic carbocycles. The summed E-state index contributed by atoms with van der Waals surface area (Å²) in [7, 11) is 1.53. The minimum absolute atomic E-state index is 0.0541. The molecule has 0 saturated carbocycles. The molecule has 4 nitrogen and oxygen atoms in total. The third kappa shape index (κ3) is 4.76. The highest BCUT2D eigenvalue weighted by Gasteiger charge is 2.22. The SMILES string of the molecule is COCC(=O)N1CCC(NCc2ccc(F)c(Br)c2)CC1. The fourth-order valence-corrected chi connectivity index (χ4v) is 2.89. The quantitative estimate of drug-likeness (QED) is 0.878. The van der Waals surface area contributed by atoms with Crippen LogP contribution in [0.4, 0.5) is 4.39 Å². The summed E-state index contributed by atoms with van der Waals surface area (Å²) in [6, 6.07) is 5.43. The first kappa shape index (κ1) is 16.4. The number of ether oxygens (including phenoxy) is 1. The second kappa shape index (κ2) is 7.87. The van der Waals surface area contributed by atoms with Crippen LogP contribution in [0.5, 0.6) is 0 Å². The molecule has 1 saturated heterocycles. The van der Waals surface area contributed by atoms with Crippen molar-refractivity contribution in [1.82, 2.24) is 10.2 Å². The number of rotatable bonds is 5. The average molecular weight is 359 g/mol. The Bertz CT molecular complexity index is 491. The van der Waals surface area contributed by atoms with E-state index in [1.54, 1.807) is 12.1 Å². The number of hydrogen-bond donors (Lipinski definition) is 1. The standard InChI is InChI=1S/C15H20BrFN2O2/c1-21-10-15(20)19-6-4-12(5-7-19)18-9-11-2-3-14(17)13(16)8-11/h2-3,8,12,18H,4-7,9-10H2,1H3. The van der Waals surface area contributed by atoms with Crippen LogP contribution in [0.1, 0.15) is 18.4 Å². The van der Waals surface area contributed by atoms with Crippen molar-refractivity contribution in [2.24, 2.45) is 0 Å². The van der Waals surface area contributed by atoms with Gasteiger partial charge in [-0.25, -0.2) is 4.39 Å². The number of carbonyl (C=O) groups excluding carboxylic acids is 1. The van der Waals surface area contributed by atoms with E-state index in [0.717, 1.165) is 31.5 Å². The Morgan fingerprint density at radius 2 is 2.19 bits per heavy atom. The van der Waals surface area contributed by atoms with Crippen LogP contribution in [-0.2, 0) is 16.1 Å². The van der Waals surface area contributed by atoms with Crippen LogP contribution >= 0.6 is 15.9 Å². The van der Waals surface area contributed by atoms with Gasteiger partial charge in [0.15, 0.2) is 0 Å². The summed E-state index contributed by atoms with van der Waals surface area (Å²) in [4.78, 5) is 13.5. The molecule has 2 rings (SSSR count). The Morgan fingerprint density at radius 3 is 2.81 bits per heavy atom. The molecule has 0 aromatic heterocycles. The van der Waals surface area contributed by atoms with Gasteiger partial charge in [-0.05, 0) is 46.5 Å². The van der Waals surface area contributed by atoms with Crippen molar-refractivity contribution < 1.29 is 13.9 Å². The van der Waals surface area contributed by atoms with Crippen molar-refractivity contribution in [3.63, 3.8) is 0 Å². The van der Waals surface area contributed by atoms with Crippen LogP contribution in [-0.4, -0.2) is 43.7 Å². The Hall–Kier alpha value is -0.980. The van der Waals surface area contributed by atoms with E-state index in [0.29, 0.717) is 17.1 Å². The number of piperidine rings is 1. The summed E-state index contributed by atoms with van der Waals surface area (Å²) in [5.74, 6) is -0.192. The highest BCUT2D eigenvalue weighted by atomic mass is 79.9. The Balaban J connectivity index is 1.76. The third-order valence-corrected chi connectivity index (χ3v) is 4.30. The molecule has 1 amide bonds. The first-order valence-corrected chi connectivity index (χ1v) is 7.83. The molecule has 0 bridgehead atoms. The predicted octanol–water partition coefficient (Wildman–Crippen LogP) is 2.32. The zero-order chi connectivity index (χ0) is 15.2. The molecule has 1 aliphatic rings. The molecule has 0 radical (unpaired) electrons. The first-order valence-electron chi connectivity index (χ1n) is 7.04. The van der Waals surface area contributed by atoms with Crippen LogP contribution in [0.15, 0.2) is 22.7 Å². The van der Waals surface area contributed by atoms with Crippen LogP contribution in [0.2, 0.25) is 0 Å². The number of halogens is 2. The lowest BCUT2D eigenvalue weighted by Gasteiger charge is -2.32. The molecule has 0 spiro atoms. The molecular weight excluding hydrogens is 339 g/mol. The molecule has 0 unspecified atom stereocenters. The van der Waals surface area contributed by atoms with Gasteiger partial charge in [0.1, 0.15) is 12.4 Å². The molecule has 1 aliphatic heterocycles. The highest BCUT2D eigenvalue weighted by molar-refractivity contribution is 9.10. The monoisotopic (exact) mass is 358 g/mol. The van der Waals surface area contributed by atoms with Crippen LogP contribution in [0.3, 0.4) is 0 Å². The fourth-order valence-electron chi connectivity index (χ4n) is 2.46. The van der Waals surface area contributed by atoms with Gasteiger partial charge in [-0.2, -0.15) is 0 Å². The van der Waals surface area contributed by atoms with Gasteiger partial charge in [-0.15, -0.1) is 0 Å². The molecule has 21 heavy (non-hydrogen) atoms. The van der Waals surface area contributed by atoms with Gasteiger partial charge in [0.2, 0.25) is 5.91 Å². The molecule has 6 heteroatoms. The average Bonchev–Trinajstić information content (AvgIpc) is 2.49. The van der Waals surface area contributed by atoms with Crippen molar-refractivity contribution in [3.8, 4) is 0 Å². The molecular formula is C15H20BrFN2O2. The number of likely N-dealkylation sites (tertiary alicyclic amines) is 1. The summed E-state index contributed by atoms with van der Waals surface area (Å²) < 4.78 is 18.5. The second-order valence-corrected chi connectivity index (χ2v) is 6.07. The van der Waals surface area contributed by atoms with Crippen molar-refractivity contribution in [1.29, 1.82) is 0 Å². The zero-order valence-electron chi connectivity index (χ0n) is 12.1. The molecule has 1 heterocycles. The first-order chi connectivity index (χ1) is 10.1. The number of methoxy groups -OCH3 is 1. The fraction of sp³-hybridized carbons (Fsp3) is 0.533. The highest BCUT2D eigenvalue weighted by Crippen LogP contribution is 2.17. The molecule has 1 aromatic rings. The van der Waals surface area contributed by atoms with E-state index in [9.17, 15) is 9.18 Å². The van der Waals surface area contributed by atoms with E-state index >= 15 is 0 Å². The van der Waals surface area contributed by atoms with E-state index in [-0.39, 0.29) is 18.3 Å². The maximum absolute atomic E-state index is 13.2. The largest absolute Gasteiger partial charge is 0.375 e. The van der Waals surface area contributed by atoms with Gasteiger partial charge >= 0.3 is 0 Å². The van der Waals surface area contributed by atoms with E-state index in [2.05, 4.69) is 21.2 Å². The lowest BCUT2D eigenvalue weighted by molar-refractivity contribution is -0.136. The number of benzene rings is 1. The maximum Gasteiger partial charge on any atom is 0.248 e. The van der Waals surface area contributed by atoms with Gasteiger partial charge in [0.05, 0.1) is 4.47 Å². The molecule has 0 atom stereocenters. The van der Waals surface area contributed by atoms with Gasteiger partial charge in [-0.1, -0.05) is 6.07 Å². The van der Waals surface area contributed by atoms with Crippen molar-refractivity contribution in [3.05, 3.63) is 34.1 Å². The topological polar surface area (TPSA) is 41.6 Å². The number of amides is 1. The van der Waals surface area contributed by atoms with Gasteiger partial charge in [0.25, 0.3) is 0 Å². The Kier molecular flexibility index (Phi) is 6.14. The lowest BCUT2D eigenvalue weighted by Crippen LogP contribution is -2.45. The van der Waals surface area contributed by atoms with Crippen molar-refractivity contribution in [2.75, 3.05) is 26.8 Å². The predicted molar refractivity (Wildman–Crippen MR) is 82.4 cm³/mol. The summed E-state index contributed by atoms with van der Waals surface area (Å²) in [6.07, 6.45) is 1.86. The molecule has 1 N–H and O–H groups in total. The van der Waals surface area contributed by atoms with Gasteiger partial charge in [-0.3, -0.25) is 4.79 Å². The summed E-state index contributed by atoms with van der Waals surface area (Å²) in [5.41, 5.74) is 1.04. The van der Waals surface area contributed by atoms with E-state index < -0.39 is 0 Å². The summed E-state index contributed by atoms with van der Waals surface area (Å²) >= 11 is 3.19. The minimum atomic E-state index is -0.247. The number of carbonyl (C=O) groups is 1. The van der Waals surface area contributed by atoms with Crippen LogP contribution in [0, 0.1) is 5.82 Å². The third-order valence-electron chi connectivity index (χ3n) is 3.69. The van der Waals surface area contributed by atoms with E-state index in [1.807, 2.05) is 4.90 Å². The molecule has 0 aliphatic carbocycles. The van der Waals surface area contributed by atoms with Crippen molar-refractivity contribution >= 4 is 21.8 Å². The smallest absolute Gasteiger partial charge is 0.248 e. The van der Waals surface area contributed by atoms with Gasteiger partial charge in [0, 0.05) is 32.8 Å². The maximum atomic E-state index is 13.2. The zero-order valence-corrected chi connectivity index (χ0v) is 13.7. The molecule has 1 fully saturated rings. The van der Waals surface area contributed by atoms with Crippen LogP contribution in [0.25, 0.3) is 0 Å². The normalized spacial score (nSPS) is 16.2. The molecule has 116 valence electrons. The van der Waals surface area contributed by atoms with E-state index in [1.165, 1.54) is 13.2 Å². The van der Waals surface area contributed by atoms with Gasteiger partial charge < -0.3 is 15.0 Å². The summed E-state index contributed by atoms with van der Waals surface area (Å²) in [5, 5.41) is 3.46. The minimum Gasteiger partial charge on any atom is -0.375 e. The second-order valence-electron chi connectivity index (χ2n) is 5.22. The number of hydrogen-bond acceptors (Lipinski definition) is 3. The van der Waals surface area contributed by atoms with E-state index in [4.69, 9.17) is 4.74 Å². The summed E-state index contributed by atoms with van der Waals surface area (Å²) in [6.45, 7) is 2.37. The van der Waals surface area contributed by atoms with Crippen molar-refractivity contribution in [2.45, 2.75) is 25.4 Å². The number of nitrogens with one attached hydrogen (secondary N) is 1. The Morgan fingerprint density at radius 1 is 1.48 bits per heavy atom. The lowest BCUT2D eigenvalue weighted by atomic mass is 10.0. The number of nitrogens with zero attached hydrogens (tertiary/aromatic N) is 1. The Labute approximate surface area is 132 Å².